The van der Waals surface area contributed by atoms with Crippen LogP contribution in [0, 0.1) is 0 Å². The van der Waals surface area contributed by atoms with Crippen molar-refractivity contribution < 1.29 is 0 Å². The Bertz CT molecular complexity index is 691. The normalized spacial score (nSPS) is 11.2. The van der Waals surface area contributed by atoms with Crippen molar-refractivity contribution in [3.8, 4) is 0 Å². The van der Waals surface area contributed by atoms with Gasteiger partial charge < -0.3 is 0 Å². The number of nitrogens with zero attached hydrogens (tertiary/aromatic N) is 4. The highest BCUT2D eigenvalue weighted by atomic mass is 35.5. The Kier molecular flexibility index (Phi) is 3.23. The number of aromatic nitrogens is 4. The van der Waals surface area contributed by atoms with Crippen molar-refractivity contribution in [1.29, 1.82) is 0 Å². The van der Waals surface area contributed by atoms with Crippen LogP contribution in [0.1, 0.15) is 4.88 Å². The summed E-state index contributed by atoms with van der Waals surface area (Å²) in [6.45, 7) is 0. The Morgan fingerprint density at radius 2 is 2.28 bits per heavy atom. The lowest BCUT2D eigenvalue weighted by atomic mass is 10.4. The number of hydrogen-bond donors (Lipinski definition) is 0. The molecule has 92 valence electrons. The van der Waals surface area contributed by atoms with Crippen LogP contribution in [0.4, 0.5) is 0 Å². The first-order chi connectivity index (χ1) is 8.74. The van der Waals surface area contributed by atoms with Gasteiger partial charge in [0.2, 0.25) is 0 Å². The predicted molar refractivity (Wildman–Crippen MR) is 75.2 cm³/mol. The SMILES string of the molecule is Cn1ncc2c(SCc3ccc(Cl)s3)ncnc21. The van der Waals surface area contributed by atoms with Crippen molar-refractivity contribution in [1.82, 2.24) is 19.7 Å². The highest BCUT2D eigenvalue weighted by Crippen LogP contribution is 2.30. The molecule has 0 N–H and O–H groups in total. The quantitative estimate of drug-likeness (QED) is 0.549. The fourth-order valence-electron chi connectivity index (χ4n) is 1.62. The zero-order valence-corrected chi connectivity index (χ0v) is 11.9. The second-order valence-corrected chi connectivity index (χ2v) is 6.44. The van der Waals surface area contributed by atoms with E-state index < -0.39 is 0 Å². The van der Waals surface area contributed by atoms with Gasteiger partial charge in [-0.15, -0.1) is 11.3 Å². The summed E-state index contributed by atoms with van der Waals surface area (Å²) in [5, 5.41) is 6.15. The predicted octanol–water partition coefficient (Wildman–Crippen LogP) is 3.37. The first-order valence-corrected chi connectivity index (χ1v) is 7.42. The topological polar surface area (TPSA) is 43.6 Å². The Morgan fingerprint density at radius 1 is 1.39 bits per heavy atom. The van der Waals surface area contributed by atoms with Crippen molar-refractivity contribution in [2.45, 2.75) is 10.8 Å². The molecule has 0 aliphatic carbocycles. The van der Waals surface area contributed by atoms with Crippen LogP contribution in [0.25, 0.3) is 11.0 Å². The number of rotatable bonds is 3. The summed E-state index contributed by atoms with van der Waals surface area (Å²) in [4.78, 5) is 9.77. The molecule has 0 saturated carbocycles. The summed E-state index contributed by atoms with van der Waals surface area (Å²) < 4.78 is 2.57. The van der Waals surface area contributed by atoms with Gasteiger partial charge in [-0.25, -0.2) is 9.97 Å². The smallest absolute Gasteiger partial charge is 0.162 e. The summed E-state index contributed by atoms with van der Waals surface area (Å²) >= 11 is 9.19. The van der Waals surface area contributed by atoms with Gasteiger partial charge in [0.25, 0.3) is 0 Å². The summed E-state index contributed by atoms with van der Waals surface area (Å²) in [6, 6.07) is 3.96. The van der Waals surface area contributed by atoms with E-state index >= 15 is 0 Å². The zero-order valence-electron chi connectivity index (χ0n) is 9.50. The number of thioether (sulfide) groups is 1. The molecule has 0 unspecified atom stereocenters. The first kappa shape index (κ1) is 12.0. The van der Waals surface area contributed by atoms with Crippen LogP contribution < -0.4 is 0 Å². The number of halogens is 1. The zero-order chi connectivity index (χ0) is 12.5. The molecule has 0 aliphatic rings. The molecule has 0 fully saturated rings. The van der Waals surface area contributed by atoms with Crippen molar-refractivity contribution >= 4 is 45.7 Å². The molecule has 3 rings (SSSR count). The molecule has 0 spiro atoms. The average Bonchev–Trinajstić information content (AvgIpc) is 2.94. The molecule has 0 aromatic carbocycles. The van der Waals surface area contributed by atoms with Gasteiger partial charge in [-0.3, -0.25) is 4.68 Å². The van der Waals surface area contributed by atoms with E-state index in [1.54, 1.807) is 40.3 Å². The molecule has 18 heavy (non-hydrogen) atoms. The largest absolute Gasteiger partial charge is 0.250 e. The fourth-order valence-corrected chi connectivity index (χ4v) is 3.72. The van der Waals surface area contributed by atoms with Crippen LogP contribution in [-0.2, 0) is 12.8 Å². The Morgan fingerprint density at radius 3 is 3.06 bits per heavy atom. The average molecular weight is 297 g/mol. The van der Waals surface area contributed by atoms with Gasteiger partial charge in [0.15, 0.2) is 5.65 Å². The van der Waals surface area contributed by atoms with Crippen molar-refractivity contribution in [3.05, 3.63) is 33.9 Å². The highest BCUT2D eigenvalue weighted by molar-refractivity contribution is 7.98. The van der Waals surface area contributed by atoms with Gasteiger partial charge >= 0.3 is 0 Å². The van der Waals surface area contributed by atoms with Crippen molar-refractivity contribution in [2.75, 3.05) is 0 Å². The van der Waals surface area contributed by atoms with E-state index in [-0.39, 0.29) is 0 Å². The number of thiophene rings is 1. The van der Waals surface area contributed by atoms with Crippen LogP contribution >= 0.6 is 34.7 Å². The van der Waals surface area contributed by atoms with Gasteiger partial charge in [0, 0.05) is 17.7 Å². The van der Waals surface area contributed by atoms with Crippen molar-refractivity contribution in [2.24, 2.45) is 7.05 Å². The third-order valence-electron chi connectivity index (χ3n) is 2.47. The Balaban J connectivity index is 1.86. The third kappa shape index (κ3) is 2.23. The lowest BCUT2D eigenvalue weighted by Gasteiger charge is -2.00. The molecule has 7 heteroatoms. The molecular weight excluding hydrogens is 288 g/mol. The molecule has 0 aliphatic heterocycles. The van der Waals surface area contributed by atoms with Gasteiger partial charge in [-0.1, -0.05) is 23.4 Å². The van der Waals surface area contributed by atoms with E-state index in [2.05, 4.69) is 15.1 Å². The van der Waals surface area contributed by atoms with Crippen LogP contribution in [0.15, 0.2) is 29.7 Å². The summed E-state index contributed by atoms with van der Waals surface area (Å²) in [5.41, 5.74) is 0.858. The monoisotopic (exact) mass is 296 g/mol. The van der Waals surface area contributed by atoms with Crippen LogP contribution in [0.2, 0.25) is 4.34 Å². The fraction of sp³-hybridized carbons (Fsp3) is 0.182. The molecule has 3 heterocycles. The molecule has 3 aromatic heterocycles. The van der Waals surface area contributed by atoms with Gasteiger partial charge in [0.1, 0.15) is 11.4 Å². The van der Waals surface area contributed by atoms with E-state index in [1.807, 2.05) is 19.2 Å². The van der Waals surface area contributed by atoms with Crippen LogP contribution in [-0.4, -0.2) is 19.7 Å². The lowest BCUT2D eigenvalue weighted by Crippen LogP contribution is -1.92. The molecule has 0 atom stereocenters. The Hall–Kier alpha value is -1.11. The summed E-state index contributed by atoms with van der Waals surface area (Å²) in [6.07, 6.45) is 3.38. The maximum atomic E-state index is 5.91. The second-order valence-electron chi connectivity index (χ2n) is 3.68. The standard InChI is InChI=1S/C11H9ClN4S2/c1-16-10-8(4-15-16)11(14-6-13-10)17-5-7-2-3-9(12)18-7/h2-4,6H,5H2,1H3. The van der Waals surface area contributed by atoms with Gasteiger partial charge in [-0.05, 0) is 12.1 Å². The second kappa shape index (κ2) is 4.87. The van der Waals surface area contributed by atoms with E-state index in [0.717, 1.165) is 26.1 Å². The summed E-state index contributed by atoms with van der Waals surface area (Å²) in [7, 11) is 1.88. The van der Waals surface area contributed by atoms with Gasteiger partial charge in [-0.2, -0.15) is 5.10 Å². The van der Waals surface area contributed by atoms with E-state index in [1.165, 1.54) is 4.88 Å². The molecule has 0 radical (unpaired) electrons. The maximum Gasteiger partial charge on any atom is 0.162 e. The highest BCUT2D eigenvalue weighted by Gasteiger charge is 2.09. The molecular formula is C11H9ClN4S2. The van der Waals surface area contributed by atoms with Gasteiger partial charge in [0.05, 0.1) is 15.9 Å². The van der Waals surface area contributed by atoms with Crippen LogP contribution in [0.3, 0.4) is 0 Å². The number of hydrogen-bond acceptors (Lipinski definition) is 5. The molecule has 4 nitrogen and oxygen atoms in total. The van der Waals surface area contributed by atoms with Crippen molar-refractivity contribution in [3.63, 3.8) is 0 Å². The minimum absolute atomic E-state index is 0.819. The minimum atomic E-state index is 0.819. The molecule has 0 saturated heterocycles. The van der Waals surface area contributed by atoms with Crippen LogP contribution in [0.5, 0.6) is 0 Å². The minimum Gasteiger partial charge on any atom is -0.250 e. The molecule has 0 amide bonds. The molecule has 0 bridgehead atoms. The summed E-state index contributed by atoms with van der Waals surface area (Å²) in [5.74, 6) is 0.860. The van der Waals surface area contributed by atoms with E-state index in [4.69, 9.17) is 11.6 Å². The molecule has 3 aromatic rings. The third-order valence-corrected chi connectivity index (χ3v) is 4.94. The maximum absolute atomic E-state index is 5.91. The first-order valence-electron chi connectivity index (χ1n) is 5.24. The number of fused-ring (bicyclic) bond motifs is 1. The lowest BCUT2D eigenvalue weighted by molar-refractivity contribution is 0.784. The number of aryl methyl sites for hydroxylation is 1. The van der Waals surface area contributed by atoms with E-state index in [0.29, 0.717) is 0 Å². The Labute approximate surface area is 117 Å². The van der Waals surface area contributed by atoms with E-state index in [9.17, 15) is 0 Å².